The highest BCUT2D eigenvalue weighted by Crippen LogP contribution is 2.34. The van der Waals surface area contributed by atoms with Crippen molar-refractivity contribution in [3.05, 3.63) is 67.0 Å². The highest BCUT2D eigenvalue weighted by molar-refractivity contribution is 5.97. The molecule has 11 nitrogen and oxygen atoms in total. The molecule has 0 aliphatic carbocycles. The molecule has 1 fully saturated rings. The van der Waals surface area contributed by atoms with Crippen molar-refractivity contribution in [2.75, 3.05) is 31.6 Å². The van der Waals surface area contributed by atoms with Crippen molar-refractivity contribution in [2.45, 2.75) is 33.6 Å². The molecule has 3 N–H and O–H groups in total. The van der Waals surface area contributed by atoms with E-state index in [9.17, 15) is 9.18 Å². The smallest absolute Gasteiger partial charge is 0.229 e. The van der Waals surface area contributed by atoms with Gasteiger partial charge in [0.2, 0.25) is 5.91 Å². The second kappa shape index (κ2) is 11.9. The number of H-pyrrole nitrogens is 2. The summed E-state index contributed by atoms with van der Waals surface area (Å²) in [5, 5.41) is 11.3. The Bertz CT molecular complexity index is 2060. The normalized spacial score (nSPS) is 13.9. The number of ether oxygens (including phenoxy) is 1. The molecule has 0 bridgehead atoms. The minimum absolute atomic E-state index is 0.107. The number of pyridine rings is 3. The average molecular weight is 620 g/mol. The minimum atomic E-state index is -0.544. The molecule has 7 rings (SSSR count). The van der Waals surface area contributed by atoms with Crippen LogP contribution in [0.4, 0.5) is 10.1 Å². The monoisotopic (exact) mass is 619 g/mol. The van der Waals surface area contributed by atoms with Crippen LogP contribution in [-0.2, 0) is 4.79 Å². The summed E-state index contributed by atoms with van der Waals surface area (Å²) in [6, 6.07) is 10.3. The number of nitrogens with zero attached hydrogens (tertiary/aromatic N) is 6. The summed E-state index contributed by atoms with van der Waals surface area (Å²) in [6.07, 6.45) is 9.10. The number of rotatable bonds is 8. The van der Waals surface area contributed by atoms with Crippen LogP contribution in [0.15, 0.2) is 61.2 Å². The molecule has 0 radical (unpaired) electrons. The first-order chi connectivity index (χ1) is 22.2. The standard InChI is InChI=1S/C34H34FN9O2/c1-34(2,3)33(45)39-23-13-21(17-36-18-23)27-16-26-28(19-38-27)42-43-30(26)32-40-29-25(6-7-37-31(29)41-32)20-12-22(35)15-24(14-20)46-11-10-44-8-4-5-9-44/h6-7,12-19H,4-5,8-11H2,1-3H3,(H,39,45)(H,42,43)(H,37,40,41). The Balaban J connectivity index is 1.19. The number of halogens is 1. The van der Waals surface area contributed by atoms with Gasteiger partial charge in [0, 0.05) is 46.9 Å². The molecule has 5 aromatic heterocycles. The summed E-state index contributed by atoms with van der Waals surface area (Å²) in [5.41, 5.74) is 5.23. The fraction of sp³-hybridized carbons (Fsp3) is 0.294. The predicted octanol–water partition coefficient (Wildman–Crippen LogP) is 6.22. The Morgan fingerprint density at radius 1 is 1.04 bits per heavy atom. The number of benzene rings is 1. The van der Waals surface area contributed by atoms with Crippen LogP contribution in [0.5, 0.6) is 5.75 Å². The van der Waals surface area contributed by atoms with Gasteiger partial charge in [-0.15, -0.1) is 0 Å². The van der Waals surface area contributed by atoms with Crippen LogP contribution in [0.25, 0.3) is 56.0 Å². The number of imidazole rings is 1. The van der Waals surface area contributed by atoms with E-state index >= 15 is 0 Å². The first-order valence-electron chi connectivity index (χ1n) is 15.3. The Hall–Kier alpha value is -5.23. The number of likely N-dealkylation sites (tertiary alicyclic amines) is 1. The van der Waals surface area contributed by atoms with E-state index in [0.29, 0.717) is 52.0 Å². The molecule has 1 aromatic carbocycles. The SMILES string of the molecule is CC(C)(C)C(=O)Nc1cncc(-c2cc3c(-c4nc5c(-c6cc(F)cc(OCCN7CCCC7)c6)ccnc5[nH]4)n[nH]c3cn2)c1. The zero-order chi connectivity index (χ0) is 31.8. The van der Waals surface area contributed by atoms with E-state index in [0.717, 1.165) is 41.7 Å². The van der Waals surface area contributed by atoms with Gasteiger partial charge >= 0.3 is 0 Å². The Morgan fingerprint density at radius 3 is 2.72 bits per heavy atom. The molecule has 234 valence electrons. The second-order valence-corrected chi connectivity index (χ2v) is 12.6. The van der Waals surface area contributed by atoms with Gasteiger partial charge in [-0.25, -0.2) is 14.4 Å². The van der Waals surface area contributed by atoms with E-state index in [2.05, 4.69) is 40.3 Å². The van der Waals surface area contributed by atoms with Gasteiger partial charge in [0.25, 0.3) is 0 Å². The lowest BCUT2D eigenvalue weighted by molar-refractivity contribution is -0.123. The Labute approximate surface area is 264 Å². The van der Waals surface area contributed by atoms with Crippen LogP contribution in [0.1, 0.15) is 33.6 Å². The lowest BCUT2D eigenvalue weighted by atomic mass is 9.95. The van der Waals surface area contributed by atoms with Crippen molar-refractivity contribution in [1.29, 1.82) is 0 Å². The number of hydrogen-bond acceptors (Lipinski definition) is 8. The molecule has 46 heavy (non-hydrogen) atoms. The van der Waals surface area contributed by atoms with Gasteiger partial charge in [-0.1, -0.05) is 20.8 Å². The van der Waals surface area contributed by atoms with E-state index < -0.39 is 5.41 Å². The van der Waals surface area contributed by atoms with Crippen molar-refractivity contribution < 1.29 is 13.9 Å². The number of fused-ring (bicyclic) bond motifs is 2. The molecular weight excluding hydrogens is 585 g/mol. The van der Waals surface area contributed by atoms with E-state index in [1.807, 2.05) is 45.0 Å². The Kier molecular flexibility index (Phi) is 7.65. The number of carbonyl (C=O) groups is 1. The van der Waals surface area contributed by atoms with E-state index in [-0.39, 0.29) is 11.7 Å². The van der Waals surface area contributed by atoms with Crippen LogP contribution >= 0.6 is 0 Å². The number of aromatic amines is 2. The molecule has 1 aliphatic heterocycles. The molecule has 0 saturated carbocycles. The largest absolute Gasteiger partial charge is 0.492 e. The van der Waals surface area contributed by atoms with Crippen LogP contribution in [0.3, 0.4) is 0 Å². The zero-order valence-corrected chi connectivity index (χ0v) is 25.9. The first-order valence-corrected chi connectivity index (χ1v) is 15.3. The van der Waals surface area contributed by atoms with Gasteiger partial charge in [0.05, 0.1) is 29.3 Å². The number of hydrogen-bond donors (Lipinski definition) is 3. The zero-order valence-electron chi connectivity index (χ0n) is 25.9. The number of aromatic nitrogens is 7. The van der Waals surface area contributed by atoms with E-state index in [1.165, 1.54) is 25.0 Å². The molecule has 1 saturated heterocycles. The van der Waals surface area contributed by atoms with Crippen LogP contribution in [0, 0.1) is 11.2 Å². The quantitative estimate of drug-likeness (QED) is 0.183. The summed E-state index contributed by atoms with van der Waals surface area (Å²) in [5.74, 6) is 0.486. The van der Waals surface area contributed by atoms with Crippen molar-refractivity contribution >= 4 is 33.7 Å². The summed E-state index contributed by atoms with van der Waals surface area (Å²) >= 11 is 0. The Morgan fingerprint density at radius 2 is 1.89 bits per heavy atom. The molecule has 6 heterocycles. The third-order valence-corrected chi connectivity index (χ3v) is 8.09. The van der Waals surface area contributed by atoms with Crippen molar-refractivity contribution in [1.82, 2.24) is 40.0 Å². The summed E-state index contributed by atoms with van der Waals surface area (Å²) in [4.78, 5) is 36.4. The summed E-state index contributed by atoms with van der Waals surface area (Å²) in [7, 11) is 0. The highest BCUT2D eigenvalue weighted by atomic mass is 19.1. The van der Waals surface area contributed by atoms with Crippen LogP contribution in [-0.4, -0.2) is 72.2 Å². The maximum absolute atomic E-state index is 14.8. The second-order valence-electron chi connectivity index (χ2n) is 12.6. The van der Waals surface area contributed by atoms with Gasteiger partial charge in [0.15, 0.2) is 11.5 Å². The van der Waals surface area contributed by atoms with Gasteiger partial charge < -0.3 is 15.0 Å². The van der Waals surface area contributed by atoms with Crippen molar-refractivity contribution in [3.63, 3.8) is 0 Å². The number of nitrogens with one attached hydrogen (secondary N) is 3. The molecule has 1 amide bonds. The summed E-state index contributed by atoms with van der Waals surface area (Å²) < 4.78 is 20.7. The molecule has 0 atom stereocenters. The van der Waals surface area contributed by atoms with Crippen LogP contribution < -0.4 is 10.1 Å². The third kappa shape index (κ3) is 6.03. The molecule has 0 spiro atoms. The molecule has 6 aromatic rings. The van der Waals surface area contributed by atoms with Gasteiger partial charge in [-0.05, 0) is 61.8 Å². The van der Waals surface area contributed by atoms with Gasteiger partial charge in [-0.3, -0.25) is 24.8 Å². The lowest BCUT2D eigenvalue weighted by Gasteiger charge is -2.17. The van der Waals surface area contributed by atoms with Crippen molar-refractivity contribution in [2.24, 2.45) is 5.41 Å². The maximum atomic E-state index is 14.8. The van der Waals surface area contributed by atoms with Gasteiger partial charge in [-0.2, -0.15) is 5.10 Å². The number of amides is 1. The average Bonchev–Trinajstić information content (AvgIpc) is 3.80. The fourth-order valence-corrected chi connectivity index (χ4v) is 5.58. The molecular formula is C34H34FN9O2. The van der Waals surface area contributed by atoms with E-state index in [4.69, 9.17) is 9.72 Å². The van der Waals surface area contributed by atoms with E-state index in [1.54, 1.807) is 24.8 Å². The molecule has 0 unspecified atom stereocenters. The number of carbonyl (C=O) groups excluding carboxylic acids is 1. The summed E-state index contributed by atoms with van der Waals surface area (Å²) in [6.45, 7) is 9.04. The number of anilines is 1. The third-order valence-electron chi connectivity index (χ3n) is 8.09. The highest BCUT2D eigenvalue weighted by Gasteiger charge is 2.22. The minimum Gasteiger partial charge on any atom is -0.492 e. The van der Waals surface area contributed by atoms with Gasteiger partial charge in [0.1, 0.15) is 29.4 Å². The molecule has 1 aliphatic rings. The predicted molar refractivity (Wildman–Crippen MR) is 175 cm³/mol. The van der Waals surface area contributed by atoms with Crippen LogP contribution in [0.2, 0.25) is 0 Å². The maximum Gasteiger partial charge on any atom is 0.229 e. The van der Waals surface area contributed by atoms with Crippen molar-refractivity contribution in [3.8, 4) is 39.7 Å². The first kappa shape index (κ1) is 29.5. The fourth-order valence-electron chi connectivity index (χ4n) is 5.58. The topological polar surface area (TPSA) is 138 Å². The molecule has 12 heteroatoms. The lowest BCUT2D eigenvalue weighted by Crippen LogP contribution is -2.27.